The van der Waals surface area contributed by atoms with Gasteiger partial charge in [-0.15, -0.1) is 0 Å². The van der Waals surface area contributed by atoms with Gasteiger partial charge in [0.2, 0.25) is 5.91 Å². The van der Waals surface area contributed by atoms with Crippen molar-refractivity contribution in [1.82, 2.24) is 5.32 Å². The topological polar surface area (TPSA) is 70.2 Å². The maximum absolute atomic E-state index is 12.7. The standard InChI is InChI=1S/C21H23N3O2/c25-19(15-6-2-1-3-7-15)23-17-8-4-5-9-18(17)24-20(26)16-14-21(16)10-12-22-13-11-21/h1-9,16,22H,10-14H2,(H,23,25)(H,24,26). The minimum atomic E-state index is -0.187. The van der Waals surface area contributed by atoms with Gasteiger partial charge in [0.15, 0.2) is 0 Å². The molecule has 2 aromatic rings. The third kappa shape index (κ3) is 3.35. The van der Waals surface area contributed by atoms with Gasteiger partial charge in [-0.05, 0) is 62.0 Å². The van der Waals surface area contributed by atoms with Crippen LogP contribution in [0.1, 0.15) is 29.6 Å². The highest BCUT2D eigenvalue weighted by atomic mass is 16.2. The third-order valence-electron chi connectivity index (χ3n) is 5.57. The maximum atomic E-state index is 12.7. The molecule has 2 aromatic carbocycles. The Bertz CT molecular complexity index is 813. The fourth-order valence-corrected chi connectivity index (χ4v) is 3.90. The van der Waals surface area contributed by atoms with Crippen molar-refractivity contribution in [1.29, 1.82) is 0 Å². The highest BCUT2D eigenvalue weighted by Gasteiger charge is 2.57. The summed E-state index contributed by atoms with van der Waals surface area (Å²) in [5.41, 5.74) is 2.05. The highest BCUT2D eigenvalue weighted by Crippen LogP contribution is 2.58. The number of piperidine rings is 1. The van der Waals surface area contributed by atoms with Crippen molar-refractivity contribution in [3.05, 3.63) is 60.2 Å². The summed E-state index contributed by atoms with van der Waals surface area (Å²) in [4.78, 5) is 25.1. The van der Waals surface area contributed by atoms with Gasteiger partial charge in [0.1, 0.15) is 0 Å². The number of rotatable bonds is 4. The van der Waals surface area contributed by atoms with E-state index in [0.29, 0.717) is 16.9 Å². The van der Waals surface area contributed by atoms with Crippen LogP contribution in [0, 0.1) is 11.3 Å². The summed E-state index contributed by atoms with van der Waals surface area (Å²) in [7, 11) is 0. The first-order valence-electron chi connectivity index (χ1n) is 9.15. The van der Waals surface area contributed by atoms with Crippen molar-refractivity contribution in [2.75, 3.05) is 23.7 Å². The van der Waals surface area contributed by atoms with E-state index < -0.39 is 0 Å². The number of hydrogen-bond donors (Lipinski definition) is 3. The summed E-state index contributed by atoms with van der Waals surface area (Å²) in [5, 5.41) is 9.28. The normalized spacial score (nSPS) is 20.4. The van der Waals surface area contributed by atoms with E-state index in [4.69, 9.17) is 0 Å². The lowest BCUT2D eigenvalue weighted by atomic mass is 9.92. The van der Waals surface area contributed by atoms with Crippen molar-refractivity contribution >= 4 is 23.2 Å². The molecule has 1 heterocycles. The molecule has 1 atom stereocenters. The van der Waals surface area contributed by atoms with Crippen LogP contribution in [-0.4, -0.2) is 24.9 Å². The zero-order chi connectivity index (χ0) is 18.0. The van der Waals surface area contributed by atoms with Gasteiger partial charge >= 0.3 is 0 Å². The van der Waals surface area contributed by atoms with Crippen LogP contribution in [0.3, 0.4) is 0 Å². The Balaban J connectivity index is 1.45. The van der Waals surface area contributed by atoms with E-state index in [9.17, 15) is 9.59 Å². The van der Waals surface area contributed by atoms with Gasteiger partial charge in [0, 0.05) is 11.5 Å². The van der Waals surface area contributed by atoms with Crippen LogP contribution in [0.2, 0.25) is 0 Å². The van der Waals surface area contributed by atoms with Crippen molar-refractivity contribution in [3.63, 3.8) is 0 Å². The summed E-state index contributed by atoms with van der Waals surface area (Å²) >= 11 is 0. The SMILES string of the molecule is O=C(Nc1ccccc1NC(=O)C1CC12CCNCC2)c1ccccc1. The number of benzene rings is 2. The van der Waals surface area contributed by atoms with Crippen LogP contribution in [0.25, 0.3) is 0 Å². The predicted molar refractivity (Wildman–Crippen MR) is 102 cm³/mol. The van der Waals surface area contributed by atoms with Crippen LogP contribution >= 0.6 is 0 Å². The van der Waals surface area contributed by atoms with Gasteiger partial charge in [-0.1, -0.05) is 30.3 Å². The van der Waals surface area contributed by atoms with Crippen molar-refractivity contribution < 1.29 is 9.59 Å². The van der Waals surface area contributed by atoms with E-state index in [-0.39, 0.29) is 23.1 Å². The molecule has 134 valence electrons. The van der Waals surface area contributed by atoms with Crippen molar-refractivity contribution in [2.45, 2.75) is 19.3 Å². The zero-order valence-corrected chi connectivity index (χ0v) is 14.6. The lowest BCUT2D eigenvalue weighted by molar-refractivity contribution is -0.118. The summed E-state index contributed by atoms with van der Waals surface area (Å²) in [5.74, 6) is -0.0377. The molecule has 1 aliphatic carbocycles. The molecule has 3 N–H and O–H groups in total. The van der Waals surface area contributed by atoms with E-state index in [1.807, 2.05) is 42.5 Å². The molecule has 2 amide bonds. The number of nitrogens with one attached hydrogen (secondary N) is 3. The van der Waals surface area contributed by atoms with Gasteiger partial charge in [0.25, 0.3) is 5.91 Å². The van der Waals surface area contributed by atoms with Crippen LogP contribution in [0.15, 0.2) is 54.6 Å². The van der Waals surface area contributed by atoms with Crippen molar-refractivity contribution in [2.24, 2.45) is 11.3 Å². The first-order chi connectivity index (χ1) is 12.7. The molecule has 1 spiro atoms. The van der Waals surface area contributed by atoms with E-state index >= 15 is 0 Å². The van der Waals surface area contributed by atoms with Gasteiger partial charge in [-0.25, -0.2) is 0 Å². The molecule has 5 heteroatoms. The molecule has 1 saturated carbocycles. The second-order valence-corrected chi connectivity index (χ2v) is 7.22. The first-order valence-corrected chi connectivity index (χ1v) is 9.15. The minimum Gasteiger partial charge on any atom is -0.324 e. The first kappa shape index (κ1) is 16.8. The van der Waals surface area contributed by atoms with Crippen molar-refractivity contribution in [3.8, 4) is 0 Å². The fraction of sp³-hybridized carbons (Fsp3) is 0.333. The average Bonchev–Trinajstić information content (AvgIpc) is 3.37. The Morgan fingerprint density at radius 1 is 0.885 bits per heavy atom. The van der Waals surface area contributed by atoms with E-state index in [2.05, 4.69) is 16.0 Å². The molecule has 0 radical (unpaired) electrons. The lowest BCUT2D eigenvalue weighted by Crippen LogP contribution is -2.31. The molecular weight excluding hydrogens is 326 g/mol. The Morgan fingerprint density at radius 2 is 1.50 bits per heavy atom. The van der Waals surface area contributed by atoms with E-state index in [1.54, 1.807) is 12.1 Å². The minimum absolute atomic E-state index is 0.0633. The molecular formula is C21H23N3O2. The van der Waals surface area contributed by atoms with Gasteiger partial charge in [-0.2, -0.15) is 0 Å². The monoisotopic (exact) mass is 349 g/mol. The lowest BCUT2D eigenvalue weighted by Gasteiger charge is -2.23. The second-order valence-electron chi connectivity index (χ2n) is 7.22. The quantitative estimate of drug-likeness (QED) is 0.793. The molecule has 0 aromatic heterocycles. The molecule has 2 aliphatic rings. The molecule has 1 unspecified atom stereocenters. The Labute approximate surface area is 153 Å². The largest absolute Gasteiger partial charge is 0.324 e. The number of amides is 2. The Hall–Kier alpha value is -2.66. The molecule has 0 bridgehead atoms. The highest BCUT2D eigenvalue weighted by molar-refractivity contribution is 6.07. The fourth-order valence-electron chi connectivity index (χ4n) is 3.90. The van der Waals surface area contributed by atoms with Crippen LogP contribution in [0.5, 0.6) is 0 Å². The number of carbonyl (C=O) groups is 2. The second kappa shape index (κ2) is 6.92. The summed E-state index contributed by atoms with van der Waals surface area (Å²) in [6, 6.07) is 16.4. The Morgan fingerprint density at radius 3 is 2.19 bits per heavy atom. The molecule has 1 saturated heterocycles. The smallest absolute Gasteiger partial charge is 0.255 e. The maximum Gasteiger partial charge on any atom is 0.255 e. The average molecular weight is 349 g/mol. The zero-order valence-electron chi connectivity index (χ0n) is 14.6. The number of para-hydroxylation sites is 2. The van der Waals surface area contributed by atoms with E-state index in [0.717, 1.165) is 32.4 Å². The number of hydrogen-bond acceptors (Lipinski definition) is 3. The van der Waals surface area contributed by atoms with Crippen LogP contribution in [-0.2, 0) is 4.79 Å². The van der Waals surface area contributed by atoms with E-state index in [1.165, 1.54) is 0 Å². The third-order valence-corrected chi connectivity index (χ3v) is 5.57. The molecule has 5 nitrogen and oxygen atoms in total. The number of anilines is 2. The summed E-state index contributed by atoms with van der Waals surface area (Å²) in [6.07, 6.45) is 3.11. The number of carbonyl (C=O) groups excluding carboxylic acids is 2. The van der Waals surface area contributed by atoms with Crippen LogP contribution < -0.4 is 16.0 Å². The van der Waals surface area contributed by atoms with Gasteiger partial charge in [-0.3, -0.25) is 9.59 Å². The van der Waals surface area contributed by atoms with Crippen LogP contribution in [0.4, 0.5) is 11.4 Å². The molecule has 4 rings (SSSR count). The summed E-state index contributed by atoms with van der Waals surface area (Å²) in [6.45, 7) is 1.99. The molecule has 26 heavy (non-hydrogen) atoms. The summed E-state index contributed by atoms with van der Waals surface area (Å²) < 4.78 is 0. The Kier molecular flexibility index (Phi) is 4.47. The molecule has 2 fully saturated rings. The van der Waals surface area contributed by atoms with Gasteiger partial charge in [0.05, 0.1) is 11.4 Å². The predicted octanol–water partition coefficient (Wildman–Crippen LogP) is 3.27. The molecule has 1 aliphatic heterocycles. The van der Waals surface area contributed by atoms with Gasteiger partial charge < -0.3 is 16.0 Å².